The summed E-state index contributed by atoms with van der Waals surface area (Å²) in [6.07, 6.45) is 2.29. The summed E-state index contributed by atoms with van der Waals surface area (Å²) >= 11 is 6.01. The lowest BCUT2D eigenvalue weighted by atomic mass is 10.0. The van der Waals surface area contributed by atoms with Crippen LogP contribution < -0.4 is 5.32 Å². The lowest BCUT2D eigenvalue weighted by Crippen LogP contribution is -2.20. The minimum absolute atomic E-state index is 0.290. The van der Waals surface area contributed by atoms with E-state index in [1.165, 1.54) is 6.42 Å². The molecule has 1 N–H and O–H groups in total. The van der Waals surface area contributed by atoms with Gasteiger partial charge < -0.3 is 9.73 Å². The molecule has 2 rings (SSSR count). The molecule has 104 valence electrons. The monoisotopic (exact) mass is 279 g/mol. The Kier molecular flexibility index (Phi) is 4.89. The zero-order valence-electron chi connectivity index (χ0n) is 11.9. The fraction of sp³-hybridized carbons (Fsp3) is 0.500. The maximum Gasteiger partial charge on any atom is 0.134 e. The minimum Gasteiger partial charge on any atom is -0.459 e. The van der Waals surface area contributed by atoms with Crippen molar-refractivity contribution in [2.75, 3.05) is 6.54 Å². The molecule has 2 aromatic rings. The third-order valence-corrected chi connectivity index (χ3v) is 3.56. The zero-order valence-corrected chi connectivity index (χ0v) is 12.6. The maximum absolute atomic E-state index is 6.01. The molecular weight excluding hydrogens is 258 g/mol. The van der Waals surface area contributed by atoms with E-state index in [0.717, 1.165) is 34.7 Å². The molecule has 0 fully saturated rings. The Morgan fingerprint density at radius 3 is 2.68 bits per heavy atom. The summed E-state index contributed by atoms with van der Waals surface area (Å²) in [5, 5.41) is 5.33. The van der Waals surface area contributed by atoms with Crippen LogP contribution in [0.25, 0.3) is 11.0 Å². The van der Waals surface area contributed by atoms with Crippen molar-refractivity contribution in [2.45, 2.75) is 39.7 Å². The van der Waals surface area contributed by atoms with E-state index in [2.05, 4.69) is 32.2 Å². The van der Waals surface area contributed by atoms with E-state index in [-0.39, 0.29) is 0 Å². The molecule has 1 unspecified atom stereocenters. The van der Waals surface area contributed by atoms with E-state index in [0.29, 0.717) is 12.0 Å². The molecule has 1 aromatic carbocycles. The normalized spacial score (nSPS) is 13.3. The molecule has 1 heterocycles. The molecule has 19 heavy (non-hydrogen) atoms. The van der Waals surface area contributed by atoms with Crippen LogP contribution in [-0.2, 0) is 0 Å². The number of benzene rings is 1. The van der Waals surface area contributed by atoms with Gasteiger partial charge in [-0.05, 0) is 49.6 Å². The molecule has 0 aliphatic carbocycles. The van der Waals surface area contributed by atoms with Crippen molar-refractivity contribution in [1.29, 1.82) is 0 Å². The largest absolute Gasteiger partial charge is 0.459 e. The summed E-state index contributed by atoms with van der Waals surface area (Å²) in [6, 6.07) is 8.16. The number of nitrogens with one attached hydrogen (secondary N) is 1. The average molecular weight is 280 g/mol. The highest BCUT2D eigenvalue weighted by Crippen LogP contribution is 2.29. The van der Waals surface area contributed by atoms with Crippen molar-refractivity contribution in [1.82, 2.24) is 5.32 Å². The Labute approximate surface area is 120 Å². The van der Waals surface area contributed by atoms with Gasteiger partial charge in [-0.25, -0.2) is 0 Å². The lowest BCUT2D eigenvalue weighted by Gasteiger charge is -2.16. The van der Waals surface area contributed by atoms with Crippen LogP contribution in [0.3, 0.4) is 0 Å². The number of fused-ring (bicyclic) bond motifs is 1. The first kappa shape index (κ1) is 14.4. The van der Waals surface area contributed by atoms with Gasteiger partial charge in [0, 0.05) is 10.4 Å². The van der Waals surface area contributed by atoms with Gasteiger partial charge in [0.2, 0.25) is 0 Å². The molecule has 1 atom stereocenters. The quantitative estimate of drug-likeness (QED) is 0.789. The fourth-order valence-corrected chi connectivity index (χ4v) is 2.48. The maximum atomic E-state index is 6.01. The van der Waals surface area contributed by atoms with Gasteiger partial charge in [-0.15, -0.1) is 0 Å². The Balaban J connectivity index is 2.22. The van der Waals surface area contributed by atoms with E-state index in [1.54, 1.807) is 0 Å². The van der Waals surface area contributed by atoms with Crippen LogP contribution in [0, 0.1) is 5.92 Å². The van der Waals surface area contributed by atoms with Gasteiger partial charge >= 0.3 is 0 Å². The molecule has 0 amide bonds. The second-order valence-corrected chi connectivity index (χ2v) is 5.85. The number of halogens is 1. The Morgan fingerprint density at radius 1 is 1.21 bits per heavy atom. The Morgan fingerprint density at radius 2 is 2.00 bits per heavy atom. The molecule has 0 bridgehead atoms. The molecule has 0 saturated heterocycles. The van der Waals surface area contributed by atoms with Crippen LogP contribution in [0.15, 0.2) is 28.7 Å². The predicted molar refractivity (Wildman–Crippen MR) is 81.7 cm³/mol. The fourth-order valence-electron chi connectivity index (χ4n) is 2.30. The summed E-state index contributed by atoms with van der Waals surface area (Å²) in [4.78, 5) is 0. The second-order valence-electron chi connectivity index (χ2n) is 5.41. The number of rotatable bonds is 6. The van der Waals surface area contributed by atoms with E-state index < -0.39 is 0 Å². The van der Waals surface area contributed by atoms with Crippen molar-refractivity contribution >= 4 is 22.6 Å². The summed E-state index contributed by atoms with van der Waals surface area (Å²) in [5.41, 5.74) is 0.909. The van der Waals surface area contributed by atoms with Crippen LogP contribution in [0.2, 0.25) is 5.02 Å². The Bertz CT molecular complexity index is 533. The van der Waals surface area contributed by atoms with E-state index in [9.17, 15) is 0 Å². The highest BCUT2D eigenvalue weighted by Gasteiger charge is 2.16. The summed E-state index contributed by atoms with van der Waals surface area (Å²) in [7, 11) is 0. The van der Waals surface area contributed by atoms with Crippen molar-refractivity contribution < 1.29 is 4.42 Å². The summed E-state index contributed by atoms with van der Waals surface area (Å²) in [5.74, 6) is 1.72. The topological polar surface area (TPSA) is 25.2 Å². The first-order chi connectivity index (χ1) is 9.10. The van der Waals surface area contributed by atoms with E-state index in [4.69, 9.17) is 16.0 Å². The van der Waals surface area contributed by atoms with E-state index >= 15 is 0 Å². The molecule has 0 aliphatic heterocycles. The van der Waals surface area contributed by atoms with Crippen molar-refractivity contribution in [3.8, 4) is 0 Å². The molecule has 0 saturated carbocycles. The Hall–Kier alpha value is -0.990. The van der Waals surface area contributed by atoms with Gasteiger partial charge in [-0.2, -0.15) is 0 Å². The third kappa shape index (κ3) is 3.74. The first-order valence-corrected chi connectivity index (χ1v) is 7.40. The molecule has 0 spiro atoms. The molecule has 1 aromatic heterocycles. The molecule has 0 radical (unpaired) electrons. The van der Waals surface area contributed by atoms with Crippen molar-refractivity contribution in [3.63, 3.8) is 0 Å². The zero-order chi connectivity index (χ0) is 13.8. The third-order valence-electron chi connectivity index (χ3n) is 3.32. The molecule has 3 heteroatoms. The smallest absolute Gasteiger partial charge is 0.134 e. The number of hydrogen-bond donors (Lipinski definition) is 1. The van der Waals surface area contributed by atoms with Gasteiger partial charge in [-0.1, -0.05) is 32.4 Å². The number of furan rings is 1. The molecular formula is C16H22ClNO. The predicted octanol–water partition coefficient (Wildman–Crippen LogP) is 5.17. The summed E-state index contributed by atoms with van der Waals surface area (Å²) < 4.78 is 5.95. The molecule has 0 aliphatic rings. The van der Waals surface area contributed by atoms with Crippen LogP contribution in [-0.4, -0.2) is 6.54 Å². The summed E-state index contributed by atoms with van der Waals surface area (Å²) in [6.45, 7) is 7.57. The van der Waals surface area contributed by atoms with Crippen LogP contribution in [0.1, 0.15) is 45.4 Å². The van der Waals surface area contributed by atoms with Gasteiger partial charge in [0.15, 0.2) is 0 Å². The van der Waals surface area contributed by atoms with Crippen LogP contribution in [0.5, 0.6) is 0 Å². The number of hydrogen-bond acceptors (Lipinski definition) is 2. The van der Waals surface area contributed by atoms with Gasteiger partial charge in [0.25, 0.3) is 0 Å². The highest BCUT2D eigenvalue weighted by atomic mass is 35.5. The van der Waals surface area contributed by atoms with E-state index in [1.807, 2.05) is 18.2 Å². The SMILES string of the molecule is CCNC(CCC(C)C)c1cc2cc(Cl)ccc2o1. The van der Waals surface area contributed by atoms with Gasteiger partial charge in [0.05, 0.1) is 6.04 Å². The lowest BCUT2D eigenvalue weighted by molar-refractivity contribution is 0.388. The highest BCUT2D eigenvalue weighted by molar-refractivity contribution is 6.31. The van der Waals surface area contributed by atoms with Gasteiger partial charge in [0.1, 0.15) is 11.3 Å². The molecule has 2 nitrogen and oxygen atoms in total. The van der Waals surface area contributed by atoms with Crippen LogP contribution in [0.4, 0.5) is 0 Å². The first-order valence-electron chi connectivity index (χ1n) is 7.02. The standard InChI is InChI=1S/C16H22ClNO/c1-4-18-14(7-5-11(2)3)16-10-12-9-13(17)6-8-15(12)19-16/h6,8-11,14,18H,4-5,7H2,1-3H3. The van der Waals surface area contributed by atoms with Crippen molar-refractivity contribution in [3.05, 3.63) is 35.0 Å². The average Bonchev–Trinajstić information content (AvgIpc) is 2.76. The van der Waals surface area contributed by atoms with Crippen LogP contribution >= 0.6 is 11.6 Å². The van der Waals surface area contributed by atoms with Crippen molar-refractivity contribution in [2.24, 2.45) is 5.92 Å². The minimum atomic E-state index is 0.290. The second kappa shape index (κ2) is 6.44. The van der Waals surface area contributed by atoms with Gasteiger partial charge in [-0.3, -0.25) is 0 Å².